The van der Waals surface area contributed by atoms with E-state index in [1.54, 1.807) is 0 Å². The van der Waals surface area contributed by atoms with Gasteiger partial charge in [-0.15, -0.1) is 0 Å². The molecule has 1 unspecified atom stereocenters. The minimum absolute atomic E-state index is 0.166. The molecule has 0 aliphatic carbocycles. The van der Waals surface area contributed by atoms with E-state index in [4.69, 9.17) is 4.74 Å². The number of hydrogen-bond donors (Lipinski definition) is 1. The van der Waals surface area contributed by atoms with Gasteiger partial charge in [0, 0.05) is 31.7 Å². The van der Waals surface area contributed by atoms with Crippen molar-refractivity contribution in [2.24, 2.45) is 0 Å². The molecule has 0 spiro atoms. The highest BCUT2D eigenvalue weighted by Gasteiger charge is 2.30. The number of alkyl halides is 3. The lowest BCUT2D eigenvalue weighted by Gasteiger charge is -2.26. The highest BCUT2D eigenvalue weighted by molar-refractivity contribution is 5.91. The summed E-state index contributed by atoms with van der Waals surface area (Å²) in [5, 5.41) is 2.89. The molecule has 2 aromatic carbocycles. The second kappa shape index (κ2) is 9.41. The Morgan fingerprint density at radius 2 is 1.83 bits per heavy atom. The summed E-state index contributed by atoms with van der Waals surface area (Å²) in [6, 6.07) is 12.7. The van der Waals surface area contributed by atoms with Crippen LogP contribution in [0.3, 0.4) is 0 Å². The molecule has 156 valence electrons. The lowest BCUT2D eigenvalue weighted by Crippen LogP contribution is -2.35. The van der Waals surface area contributed by atoms with Gasteiger partial charge in [-0.2, -0.15) is 13.2 Å². The lowest BCUT2D eigenvalue weighted by molar-refractivity contribution is -0.137. The van der Waals surface area contributed by atoms with Crippen LogP contribution < -0.4 is 5.32 Å². The molecule has 0 bridgehead atoms. The predicted octanol–water partition coefficient (Wildman–Crippen LogP) is 4.67. The van der Waals surface area contributed by atoms with Gasteiger partial charge < -0.3 is 10.1 Å². The molecule has 1 amide bonds. The molecule has 0 saturated carbocycles. The van der Waals surface area contributed by atoms with Crippen LogP contribution in [0.1, 0.15) is 36.0 Å². The summed E-state index contributed by atoms with van der Waals surface area (Å²) < 4.78 is 43.4. The summed E-state index contributed by atoms with van der Waals surface area (Å²) in [5.41, 5.74) is 1.85. The van der Waals surface area contributed by atoms with Gasteiger partial charge in [-0.3, -0.25) is 9.69 Å². The molecule has 29 heavy (non-hydrogen) atoms. The van der Waals surface area contributed by atoms with Crippen LogP contribution in [-0.2, 0) is 22.3 Å². The van der Waals surface area contributed by atoms with Gasteiger partial charge in [-0.05, 0) is 41.3 Å². The SMILES string of the molecule is CC(CC(=O)Nc1cccc(CN2CCOCC2)c1)c1ccc(C(F)(F)F)cc1. The largest absolute Gasteiger partial charge is 0.416 e. The summed E-state index contributed by atoms with van der Waals surface area (Å²) in [4.78, 5) is 14.7. The van der Waals surface area contributed by atoms with E-state index in [1.807, 2.05) is 31.2 Å². The number of anilines is 1. The van der Waals surface area contributed by atoms with Crippen molar-refractivity contribution in [3.8, 4) is 0 Å². The number of rotatable bonds is 6. The second-order valence-electron chi connectivity index (χ2n) is 7.36. The number of nitrogens with one attached hydrogen (secondary N) is 1. The molecule has 1 atom stereocenters. The first-order valence-corrected chi connectivity index (χ1v) is 9.67. The maximum absolute atomic E-state index is 12.7. The predicted molar refractivity (Wildman–Crippen MR) is 106 cm³/mol. The van der Waals surface area contributed by atoms with Gasteiger partial charge in [-0.1, -0.05) is 31.2 Å². The average molecular weight is 406 g/mol. The number of carbonyl (C=O) groups excluding carboxylic acids is 1. The van der Waals surface area contributed by atoms with Crippen molar-refractivity contribution in [1.29, 1.82) is 0 Å². The number of morpholine rings is 1. The number of halogens is 3. The van der Waals surface area contributed by atoms with Gasteiger partial charge in [0.2, 0.25) is 5.91 Å². The van der Waals surface area contributed by atoms with Gasteiger partial charge in [-0.25, -0.2) is 0 Å². The first kappa shape index (κ1) is 21.3. The summed E-state index contributed by atoms with van der Waals surface area (Å²) in [6.45, 7) is 5.88. The molecule has 1 heterocycles. The van der Waals surface area contributed by atoms with Crippen LogP contribution in [0.15, 0.2) is 48.5 Å². The third-order valence-corrected chi connectivity index (χ3v) is 5.02. The molecule has 3 rings (SSSR count). The van der Waals surface area contributed by atoms with Crippen molar-refractivity contribution in [2.45, 2.75) is 32.0 Å². The van der Waals surface area contributed by atoms with Crippen molar-refractivity contribution >= 4 is 11.6 Å². The number of carbonyl (C=O) groups is 1. The quantitative estimate of drug-likeness (QED) is 0.758. The summed E-state index contributed by atoms with van der Waals surface area (Å²) >= 11 is 0. The molecular weight excluding hydrogens is 381 g/mol. The van der Waals surface area contributed by atoms with Crippen LogP contribution >= 0.6 is 0 Å². The zero-order valence-electron chi connectivity index (χ0n) is 16.3. The zero-order chi connectivity index (χ0) is 20.9. The van der Waals surface area contributed by atoms with Crippen LogP contribution in [0.5, 0.6) is 0 Å². The number of ether oxygens (including phenoxy) is 1. The normalized spacial score (nSPS) is 16.4. The van der Waals surface area contributed by atoms with Gasteiger partial charge in [0.1, 0.15) is 0 Å². The van der Waals surface area contributed by atoms with Crippen molar-refractivity contribution in [3.05, 3.63) is 65.2 Å². The summed E-state index contributed by atoms with van der Waals surface area (Å²) in [7, 11) is 0. The van der Waals surface area contributed by atoms with Gasteiger partial charge in [0.25, 0.3) is 0 Å². The number of nitrogens with zero attached hydrogens (tertiary/aromatic N) is 1. The molecule has 1 aliphatic rings. The van der Waals surface area contributed by atoms with Crippen LogP contribution in [0, 0.1) is 0 Å². The first-order valence-electron chi connectivity index (χ1n) is 9.67. The summed E-state index contributed by atoms with van der Waals surface area (Å²) in [6.07, 6.45) is -4.16. The molecule has 1 saturated heterocycles. The average Bonchev–Trinajstić information content (AvgIpc) is 2.68. The maximum atomic E-state index is 12.7. The number of hydrogen-bond acceptors (Lipinski definition) is 3. The Balaban J connectivity index is 1.55. The zero-order valence-corrected chi connectivity index (χ0v) is 16.3. The molecule has 7 heteroatoms. The van der Waals surface area contributed by atoms with E-state index in [0.717, 1.165) is 56.2 Å². The maximum Gasteiger partial charge on any atom is 0.416 e. The minimum Gasteiger partial charge on any atom is -0.379 e. The smallest absolute Gasteiger partial charge is 0.379 e. The Hall–Kier alpha value is -2.38. The molecule has 2 aromatic rings. The third-order valence-electron chi connectivity index (χ3n) is 5.02. The molecule has 1 fully saturated rings. The molecule has 0 radical (unpaired) electrons. The molecule has 1 aliphatic heterocycles. The van der Waals surface area contributed by atoms with E-state index < -0.39 is 11.7 Å². The molecule has 4 nitrogen and oxygen atoms in total. The summed E-state index contributed by atoms with van der Waals surface area (Å²) in [5.74, 6) is -0.352. The van der Waals surface area contributed by atoms with E-state index >= 15 is 0 Å². The third kappa shape index (κ3) is 6.30. The van der Waals surface area contributed by atoms with Crippen LogP contribution in [0.2, 0.25) is 0 Å². The number of amides is 1. The van der Waals surface area contributed by atoms with Crippen LogP contribution in [-0.4, -0.2) is 37.1 Å². The van der Waals surface area contributed by atoms with Crippen LogP contribution in [0.4, 0.5) is 18.9 Å². The van der Waals surface area contributed by atoms with E-state index in [-0.39, 0.29) is 18.2 Å². The highest BCUT2D eigenvalue weighted by Crippen LogP contribution is 2.30. The molecular formula is C22H25F3N2O2. The Kier molecular flexibility index (Phi) is 6.92. The topological polar surface area (TPSA) is 41.6 Å². The van der Waals surface area contributed by atoms with Gasteiger partial charge in [0.05, 0.1) is 18.8 Å². The van der Waals surface area contributed by atoms with E-state index in [2.05, 4.69) is 10.2 Å². The van der Waals surface area contributed by atoms with Crippen molar-refractivity contribution < 1.29 is 22.7 Å². The van der Waals surface area contributed by atoms with Crippen molar-refractivity contribution in [2.75, 3.05) is 31.6 Å². The second-order valence-corrected chi connectivity index (χ2v) is 7.36. The van der Waals surface area contributed by atoms with Gasteiger partial charge in [0.15, 0.2) is 0 Å². The fourth-order valence-corrected chi connectivity index (χ4v) is 3.37. The van der Waals surface area contributed by atoms with E-state index in [0.29, 0.717) is 5.56 Å². The van der Waals surface area contributed by atoms with Crippen molar-refractivity contribution in [1.82, 2.24) is 4.90 Å². The number of benzene rings is 2. The Labute approximate surface area is 168 Å². The van der Waals surface area contributed by atoms with Gasteiger partial charge >= 0.3 is 6.18 Å². The monoisotopic (exact) mass is 406 g/mol. The Morgan fingerprint density at radius 3 is 2.48 bits per heavy atom. The minimum atomic E-state index is -4.36. The molecule has 0 aromatic heterocycles. The first-order chi connectivity index (χ1) is 13.8. The van der Waals surface area contributed by atoms with E-state index in [1.165, 1.54) is 12.1 Å². The highest BCUT2D eigenvalue weighted by atomic mass is 19.4. The fourth-order valence-electron chi connectivity index (χ4n) is 3.37. The molecule has 1 N–H and O–H groups in total. The fraction of sp³-hybridized carbons (Fsp3) is 0.409. The van der Waals surface area contributed by atoms with Crippen molar-refractivity contribution in [3.63, 3.8) is 0 Å². The van der Waals surface area contributed by atoms with E-state index in [9.17, 15) is 18.0 Å². The lowest BCUT2D eigenvalue weighted by atomic mass is 9.96. The standard InChI is InChI=1S/C22H25F3N2O2/c1-16(18-5-7-19(8-6-18)22(23,24)25)13-21(28)26-20-4-2-3-17(14-20)15-27-9-11-29-12-10-27/h2-8,14,16H,9-13,15H2,1H3,(H,26,28). The Bertz CT molecular complexity index is 816. The Morgan fingerprint density at radius 1 is 1.14 bits per heavy atom. The van der Waals surface area contributed by atoms with Crippen LogP contribution in [0.25, 0.3) is 0 Å².